The van der Waals surface area contributed by atoms with Crippen LogP contribution in [0, 0.1) is 0 Å². The number of aromatic amines is 1. The molecule has 0 spiro atoms. The van der Waals surface area contributed by atoms with Crippen LogP contribution in [0.5, 0.6) is 0 Å². The summed E-state index contributed by atoms with van der Waals surface area (Å²) in [5.41, 5.74) is 0.981. The molecule has 0 saturated heterocycles. The van der Waals surface area contributed by atoms with Crippen molar-refractivity contribution in [1.82, 2.24) is 20.5 Å². The van der Waals surface area contributed by atoms with Crippen LogP contribution in [0.25, 0.3) is 11.4 Å². The molecule has 0 aliphatic rings. The van der Waals surface area contributed by atoms with Crippen LogP contribution < -0.4 is 5.32 Å². The molecular formula is C17H18N4OS3. The minimum absolute atomic E-state index is 0.00721. The molecule has 0 radical (unpaired) electrons. The maximum absolute atomic E-state index is 11.9. The molecule has 2 aromatic heterocycles. The Bertz CT molecular complexity index is 774. The predicted octanol–water partition coefficient (Wildman–Crippen LogP) is 3.67. The van der Waals surface area contributed by atoms with Crippen molar-refractivity contribution in [2.45, 2.75) is 10.9 Å². The highest BCUT2D eigenvalue weighted by Crippen LogP contribution is 2.19. The highest BCUT2D eigenvalue weighted by molar-refractivity contribution is 7.99. The zero-order valence-corrected chi connectivity index (χ0v) is 15.9. The van der Waals surface area contributed by atoms with E-state index >= 15 is 0 Å². The Kier molecular flexibility index (Phi) is 6.96. The average Bonchev–Trinajstić information content (AvgIpc) is 3.32. The molecule has 1 aromatic carbocycles. The fourth-order valence-electron chi connectivity index (χ4n) is 2.05. The molecule has 0 saturated carbocycles. The van der Waals surface area contributed by atoms with Gasteiger partial charge in [0.05, 0.1) is 5.75 Å². The standard InChI is InChI=1S/C17H18N4OS3/c22-15(18-8-10-23-11-14-7-4-9-24-14)12-25-17-19-16(20-21-17)13-5-2-1-3-6-13/h1-7,9H,8,10-12H2,(H,18,22)(H,19,20,21). The van der Waals surface area contributed by atoms with Crippen LogP contribution in [-0.4, -0.2) is 39.1 Å². The molecule has 0 bridgehead atoms. The number of benzene rings is 1. The summed E-state index contributed by atoms with van der Waals surface area (Å²) in [4.78, 5) is 17.7. The number of H-pyrrole nitrogens is 1. The Hall–Kier alpha value is -1.77. The van der Waals surface area contributed by atoms with Crippen molar-refractivity contribution in [3.63, 3.8) is 0 Å². The summed E-state index contributed by atoms with van der Waals surface area (Å²) < 4.78 is 0. The molecule has 5 nitrogen and oxygen atoms in total. The Balaban J connectivity index is 1.33. The first-order valence-electron chi connectivity index (χ1n) is 7.79. The van der Waals surface area contributed by atoms with E-state index in [2.05, 4.69) is 38.0 Å². The van der Waals surface area contributed by atoms with Crippen LogP contribution in [0.2, 0.25) is 0 Å². The maximum Gasteiger partial charge on any atom is 0.230 e. The molecule has 0 atom stereocenters. The Morgan fingerprint density at radius 2 is 2.08 bits per heavy atom. The number of thioether (sulfide) groups is 2. The van der Waals surface area contributed by atoms with Crippen LogP contribution in [0.4, 0.5) is 0 Å². The van der Waals surface area contributed by atoms with E-state index in [0.717, 1.165) is 17.1 Å². The quantitative estimate of drug-likeness (QED) is 0.431. The summed E-state index contributed by atoms with van der Waals surface area (Å²) in [6, 6.07) is 14.0. The van der Waals surface area contributed by atoms with Gasteiger partial charge in [-0.2, -0.15) is 11.8 Å². The van der Waals surface area contributed by atoms with Crippen molar-refractivity contribution in [2.75, 3.05) is 18.1 Å². The van der Waals surface area contributed by atoms with E-state index in [1.54, 1.807) is 11.3 Å². The van der Waals surface area contributed by atoms with Gasteiger partial charge in [0.1, 0.15) is 0 Å². The van der Waals surface area contributed by atoms with E-state index in [1.807, 2.05) is 42.1 Å². The molecule has 2 heterocycles. The summed E-state index contributed by atoms with van der Waals surface area (Å²) in [5, 5.41) is 12.6. The van der Waals surface area contributed by atoms with Gasteiger partial charge in [0.15, 0.2) is 5.82 Å². The average molecular weight is 391 g/mol. The minimum Gasteiger partial charge on any atom is -0.355 e. The third kappa shape index (κ3) is 5.91. The van der Waals surface area contributed by atoms with Crippen molar-refractivity contribution >= 4 is 40.8 Å². The van der Waals surface area contributed by atoms with Gasteiger partial charge in [-0.15, -0.1) is 16.4 Å². The number of carbonyl (C=O) groups is 1. The van der Waals surface area contributed by atoms with Gasteiger partial charge >= 0.3 is 0 Å². The first-order valence-corrected chi connectivity index (χ1v) is 10.8. The summed E-state index contributed by atoms with van der Waals surface area (Å²) in [6.07, 6.45) is 0. The van der Waals surface area contributed by atoms with Gasteiger partial charge in [-0.25, -0.2) is 4.98 Å². The van der Waals surface area contributed by atoms with E-state index in [0.29, 0.717) is 23.3 Å². The Labute approximate surface area is 159 Å². The van der Waals surface area contributed by atoms with Crippen LogP contribution in [-0.2, 0) is 10.5 Å². The zero-order valence-electron chi connectivity index (χ0n) is 13.5. The second-order valence-electron chi connectivity index (χ2n) is 5.10. The highest BCUT2D eigenvalue weighted by atomic mass is 32.2. The van der Waals surface area contributed by atoms with Crippen LogP contribution in [0.15, 0.2) is 53.0 Å². The van der Waals surface area contributed by atoms with Gasteiger partial charge in [0.25, 0.3) is 0 Å². The molecule has 25 heavy (non-hydrogen) atoms. The van der Waals surface area contributed by atoms with Crippen molar-refractivity contribution < 1.29 is 4.79 Å². The molecular weight excluding hydrogens is 372 g/mol. The van der Waals surface area contributed by atoms with Gasteiger partial charge in [-0.1, -0.05) is 48.2 Å². The molecule has 3 rings (SSSR count). The first-order chi connectivity index (χ1) is 12.3. The van der Waals surface area contributed by atoms with E-state index < -0.39 is 0 Å². The maximum atomic E-state index is 11.9. The Morgan fingerprint density at radius 1 is 1.20 bits per heavy atom. The van der Waals surface area contributed by atoms with E-state index in [4.69, 9.17) is 0 Å². The molecule has 130 valence electrons. The molecule has 1 amide bonds. The van der Waals surface area contributed by atoms with Gasteiger partial charge < -0.3 is 5.32 Å². The lowest BCUT2D eigenvalue weighted by Crippen LogP contribution is -2.27. The summed E-state index contributed by atoms with van der Waals surface area (Å²) in [5.74, 6) is 2.96. The smallest absolute Gasteiger partial charge is 0.230 e. The van der Waals surface area contributed by atoms with Crippen molar-refractivity contribution in [2.24, 2.45) is 0 Å². The van der Waals surface area contributed by atoms with Crippen molar-refractivity contribution in [3.05, 3.63) is 52.7 Å². The highest BCUT2D eigenvalue weighted by Gasteiger charge is 2.08. The molecule has 2 N–H and O–H groups in total. The number of carbonyl (C=O) groups excluding carboxylic acids is 1. The lowest BCUT2D eigenvalue weighted by atomic mass is 10.2. The minimum atomic E-state index is 0.00721. The molecule has 3 aromatic rings. The van der Waals surface area contributed by atoms with Crippen LogP contribution >= 0.6 is 34.9 Å². The fraction of sp³-hybridized carbons (Fsp3) is 0.235. The molecule has 0 unspecified atom stereocenters. The summed E-state index contributed by atoms with van der Waals surface area (Å²) in [7, 11) is 0. The van der Waals surface area contributed by atoms with Crippen LogP contribution in [0.3, 0.4) is 0 Å². The number of amides is 1. The lowest BCUT2D eigenvalue weighted by Gasteiger charge is -2.03. The van der Waals surface area contributed by atoms with E-state index in [1.165, 1.54) is 16.6 Å². The second kappa shape index (κ2) is 9.65. The van der Waals surface area contributed by atoms with E-state index in [-0.39, 0.29) is 5.91 Å². The zero-order chi connectivity index (χ0) is 17.3. The largest absolute Gasteiger partial charge is 0.355 e. The number of nitrogens with one attached hydrogen (secondary N) is 2. The third-order valence-electron chi connectivity index (χ3n) is 3.24. The molecule has 8 heteroatoms. The monoisotopic (exact) mass is 390 g/mol. The summed E-state index contributed by atoms with van der Waals surface area (Å²) in [6.45, 7) is 0.679. The number of nitrogens with zero attached hydrogens (tertiary/aromatic N) is 2. The number of aromatic nitrogens is 3. The van der Waals surface area contributed by atoms with Gasteiger partial charge in [-0.3, -0.25) is 9.89 Å². The number of rotatable bonds is 9. The second-order valence-corrected chi connectivity index (χ2v) is 8.18. The number of thiophene rings is 1. The fourth-order valence-corrected chi connectivity index (χ4v) is 4.37. The number of hydrogen-bond acceptors (Lipinski definition) is 6. The predicted molar refractivity (Wildman–Crippen MR) is 106 cm³/mol. The third-order valence-corrected chi connectivity index (χ3v) is 6.15. The molecule has 0 aliphatic heterocycles. The topological polar surface area (TPSA) is 70.7 Å². The number of hydrogen-bond donors (Lipinski definition) is 2. The Morgan fingerprint density at radius 3 is 2.88 bits per heavy atom. The first kappa shape index (κ1) is 18.0. The SMILES string of the molecule is O=C(CSc1n[nH]c(-c2ccccc2)n1)NCCSCc1cccs1. The van der Waals surface area contributed by atoms with E-state index in [9.17, 15) is 4.79 Å². The molecule has 0 fully saturated rings. The normalized spacial score (nSPS) is 10.7. The van der Waals surface area contributed by atoms with Crippen molar-refractivity contribution in [3.8, 4) is 11.4 Å². The molecule has 0 aliphatic carbocycles. The van der Waals surface area contributed by atoms with Crippen LogP contribution in [0.1, 0.15) is 4.88 Å². The lowest BCUT2D eigenvalue weighted by molar-refractivity contribution is -0.118. The van der Waals surface area contributed by atoms with Gasteiger partial charge in [0.2, 0.25) is 11.1 Å². The van der Waals surface area contributed by atoms with Crippen molar-refractivity contribution in [1.29, 1.82) is 0 Å². The summed E-state index contributed by atoms with van der Waals surface area (Å²) >= 11 is 4.93. The van der Waals surface area contributed by atoms with Gasteiger partial charge in [0, 0.05) is 28.5 Å². The van der Waals surface area contributed by atoms with Gasteiger partial charge in [-0.05, 0) is 11.4 Å².